The average Bonchev–Trinajstić information content (AvgIpc) is 2.81. The molecule has 1 saturated carbocycles. The van der Waals surface area contributed by atoms with Gasteiger partial charge in [-0.2, -0.15) is 0 Å². The first-order valence-corrected chi connectivity index (χ1v) is 7.00. The average molecular weight is 272 g/mol. The summed E-state index contributed by atoms with van der Waals surface area (Å²) in [5, 5.41) is 2.45. The second-order valence-corrected chi connectivity index (χ2v) is 6.09. The first kappa shape index (κ1) is 13.1. The molecule has 1 fully saturated rings. The van der Waals surface area contributed by atoms with Crippen LogP contribution in [0.15, 0.2) is 17.2 Å². The summed E-state index contributed by atoms with van der Waals surface area (Å²) in [6.07, 6.45) is 2.05. The lowest BCUT2D eigenvalue weighted by Crippen LogP contribution is -2.29. The van der Waals surface area contributed by atoms with E-state index in [2.05, 4.69) is 10.0 Å². The Morgan fingerprint density at radius 3 is 2.67 bits per heavy atom. The molecule has 1 aliphatic carbocycles. The Morgan fingerprint density at radius 2 is 2.17 bits per heavy atom. The van der Waals surface area contributed by atoms with Gasteiger partial charge in [0, 0.05) is 32.4 Å². The molecule has 1 heterocycles. The number of nitrogens with one attached hydrogen (secondary N) is 2. The predicted molar refractivity (Wildman–Crippen MR) is 65.5 cm³/mol. The number of sulfonamides is 1. The van der Waals surface area contributed by atoms with Crippen molar-refractivity contribution in [3.8, 4) is 0 Å². The molecule has 2 unspecified atom stereocenters. The number of aryl methyl sites for hydroxylation is 1. The number of amides is 1. The van der Waals surface area contributed by atoms with Crippen molar-refractivity contribution >= 4 is 15.9 Å². The van der Waals surface area contributed by atoms with Gasteiger partial charge in [-0.05, 0) is 12.5 Å². The molecule has 0 radical (unpaired) electrons. The number of nitrogens with two attached hydrogens (primary N) is 1. The topological polar surface area (TPSA) is 106 Å². The Bertz CT molecular complexity index is 578. The Labute approximate surface area is 105 Å². The van der Waals surface area contributed by atoms with Gasteiger partial charge in [0.05, 0.1) is 0 Å². The molecule has 0 aromatic carbocycles. The molecule has 1 aromatic rings. The third-order valence-electron chi connectivity index (χ3n) is 2.90. The molecule has 100 valence electrons. The van der Waals surface area contributed by atoms with Gasteiger partial charge in [-0.1, -0.05) is 0 Å². The van der Waals surface area contributed by atoms with Crippen molar-refractivity contribution in [2.24, 2.45) is 12.8 Å². The van der Waals surface area contributed by atoms with E-state index in [4.69, 9.17) is 5.73 Å². The number of hydrogen-bond acceptors (Lipinski definition) is 4. The summed E-state index contributed by atoms with van der Waals surface area (Å²) in [5.41, 5.74) is 5.85. The van der Waals surface area contributed by atoms with E-state index in [1.165, 1.54) is 23.9 Å². The summed E-state index contributed by atoms with van der Waals surface area (Å²) in [7, 11) is -0.496. The molecule has 1 aromatic heterocycles. The maximum atomic E-state index is 12.0. The molecule has 0 aliphatic heterocycles. The summed E-state index contributed by atoms with van der Waals surface area (Å²) < 4.78 is 28.0. The molecular weight excluding hydrogens is 256 g/mol. The molecule has 8 heteroatoms. The lowest BCUT2D eigenvalue weighted by Gasteiger charge is -2.02. The van der Waals surface area contributed by atoms with Crippen molar-refractivity contribution in [3.63, 3.8) is 0 Å². The summed E-state index contributed by atoms with van der Waals surface area (Å²) in [4.78, 5) is 11.6. The van der Waals surface area contributed by atoms with Gasteiger partial charge in [0.25, 0.3) is 5.91 Å². The van der Waals surface area contributed by atoms with Gasteiger partial charge >= 0.3 is 0 Å². The minimum absolute atomic E-state index is 0.0719. The Balaban J connectivity index is 2.25. The monoisotopic (exact) mass is 272 g/mol. The summed E-state index contributed by atoms with van der Waals surface area (Å²) in [6, 6.07) is 1.04. The molecule has 18 heavy (non-hydrogen) atoms. The van der Waals surface area contributed by atoms with E-state index in [9.17, 15) is 13.2 Å². The van der Waals surface area contributed by atoms with E-state index in [1.54, 1.807) is 7.05 Å². The van der Waals surface area contributed by atoms with Crippen LogP contribution < -0.4 is 15.8 Å². The number of aromatic nitrogens is 1. The fraction of sp³-hybridized carbons (Fsp3) is 0.500. The molecule has 4 N–H and O–H groups in total. The predicted octanol–water partition coefficient (Wildman–Crippen LogP) is -1.24. The summed E-state index contributed by atoms with van der Waals surface area (Å²) in [6.45, 7) is 0. The molecular formula is C10H16N4O3S. The fourth-order valence-electron chi connectivity index (χ4n) is 1.65. The molecule has 0 bridgehead atoms. The normalized spacial score (nSPS) is 22.8. The van der Waals surface area contributed by atoms with Gasteiger partial charge < -0.3 is 15.6 Å². The number of carbonyl (C=O) groups is 1. The number of rotatable bonds is 4. The number of nitrogens with zero attached hydrogens (tertiary/aromatic N) is 1. The lowest BCUT2D eigenvalue weighted by molar-refractivity contribution is 0.0955. The van der Waals surface area contributed by atoms with E-state index in [1.807, 2.05) is 0 Å². The Hall–Kier alpha value is -1.38. The second-order valence-electron chi connectivity index (χ2n) is 4.38. The highest BCUT2D eigenvalue weighted by Crippen LogP contribution is 2.22. The van der Waals surface area contributed by atoms with Crippen LogP contribution in [0.3, 0.4) is 0 Å². The Morgan fingerprint density at radius 1 is 1.56 bits per heavy atom. The highest BCUT2D eigenvalue weighted by molar-refractivity contribution is 7.89. The quantitative estimate of drug-likeness (QED) is 0.637. The maximum absolute atomic E-state index is 12.0. The van der Waals surface area contributed by atoms with Gasteiger partial charge in [0.15, 0.2) is 0 Å². The second kappa shape index (κ2) is 4.38. The Kier molecular flexibility index (Phi) is 3.18. The third-order valence-corrected chi connectivity index (χ3v) is 4.35. The fourth-order valence-corrected chi connectivity index (χ4v) is 3.02. The van der Waals surface area contributed by atoms with Gasteiger partial charge in [-0.3, -0.25) is 4.79 Å². The zero-order valence-electron chi connectivity index (χ0n) is 10.2. The van der Waals surface area contributed by atoms with Crippen molar-refractivity contribution in [1.29, 1.82) is 0 Å². The minimum atomic E-state index is -3.60. The first-order valence-electron chi connectivity index (χ1n) is 5.51. The van der Waals surface area contributed by atoms with Crippen LogP contribution in [0, 0.1) is 0 Å². The van der Waals surface area contributed by atoms with Crippen molar-refractivity contribution in [2.75, 3.05) is 7.05 Å². The zero-order chi connectivity index (χ0) is 13.5. The molecule has 0 saturated heterocycles. The van der Waals surface area contributed by atoms with E-state index in [-0.39, 0.29) is 28.6 Å². The smallest absolute Gasteiger partial charge is 0.267 e. The van der Waals surface area contributed by atoms with Crippen molar-refractivity contribution in [1.82, 2.24) is 14.6 Å². The zero-order valence-corrected chi connectivity index (χ0v) is 11.0. The lowest BCUT2D eigenvalue weighted by atomic mass is 10.4. The molecule has 2 atom stereocenters. The molecule has 0 spiro atoms. The van der Waals surface area contributed by atoms with Crippen LogP contribution in [0.1, 0.15) is 16.9 Å². The third kappa shape index (κ3) is 2.40. The van der Waals surface area contributed by atoms with Crippen LogP contribution in [-0.4, -0.2) is 38.0 Å². The van der Waals surface area contributed by atoms with Gasteiger partial charge in [-0.25, -0.2) is 13.1 Å². The van der Waals surface area contributed by atoms with Gasteiger partial charge in [-0.15, -0.1) is 0 Å². The number of hydrogen-bond donors (Lipinski definition) is 3. The first-order chi connectivity index (χ1) is 8.35. The molecule has 1 amide bonds. The SMILES string of the molecule is CNC(=O)c1cc(S(=O)(=O)NC2CC2N)cn1C. The van der Waals surface area contributed by atoms with E-state index < -0.39 is 10.0 Å². The highest BCUT2D eigenvalue weighted by atomic mass is 32.2. The molecule has 2 rings (SSSR count). The van der Waals surface area contributed by atoms with Crippen LogP contribution >= 0.6 is 0 Å². The van der Waals surface area contributed by atoms with Crippen molar-refractivity contribution in [3.05, 3.63) is 18.0 Å². The maximum Gasteiger partial charge on any atom is 0.267 e. The largest absolute Gasteiger partial charge is 0.354 e. The highest BCUT2D eigenvalue weighted by Gasteiger charge is 2.37. The molecule has 1 aliphatic rings. The molecule has 7 nitrogen and oxygen atoms in total. The van der Waals surface area contributed by atoms with Crippen LogP contribution in [-0.2, 0) is 17.1 Å². The minimum Gasteiger partial charge on any atom is -0.354 e. The van der Waals surface area contributed by atoms with Crippen LogP contribution in [0.25, 0.3) is 0 Å². The summed E-state index contributed by atoms with van der Waals surface area (Å²) >= 11 is 0. The van der Waals surface area contributed by atoms with E-state index >= 15 is 0 Å². The van der Waals surface area contributed by atoms with Crippen molar-refractivity contribution < 1.29 is 13.2 Å². The van der Waals surface area contributed by atoms with E-state index in [0.717, 1.165) is 0 Å². The standard InChI is InChI=1S/C10H16N4O3S/c1-12-10(15)9-3-6(5-14(9)2)18(16,17)13-8-4-7(8)11/h3,5,7-8,13H,4,11H2,1-2H3,(H,12,15). The summed E-state index contributed by atoms with van der Waals surface area (Å²) in [5.74, 6) is -0.331. The number of carbonyl (C=O) groups excluding carboxylic acids is 1. The van der Waals surface area contributed by atoms with E-state index in [0.29, 0.717) is 6.42 Å². The van der Waals surface area contributed by atoms with Crippen LogP contribution in [0.2, 0.25) is 0 Å². The van der Waals surface area contributed by atoms with Crippen LogP contribution in [0.5, 0.6) is 0 Å². The van der Waals surface area contributed by atoms with Crippen molar-refractivity contribution in [2.45, 2.75) is 23.4 Å². The van der Waals surface area contributed by atoms with Gasteiger partial charge in [0.1, 0.15) is 10.6 Å². The van der Waals surface area contributed by atoms with Crippen LogP contribution in [0.4, 0.5) is 0 Å². The van der Waals surface area contributed by atoms with Gasteiger partial charge in [0.2, 0.25) is 10.0 Å².